The van der Waals surface area contributed by atoms with Gasteiger partial charge in [0, 0.05) is 23.8 Å². The van der Waals surface area contributed by atoms with Gasteiger partial charge in [-0.15, -0.1) is 0 Å². The molecule has 2 aromatic carbocycles. The van der Waals surface area contributed by atoms with Crippen LogP contribution < -0.4 is 5.32 Å². The van der Waals surface area contributed by atoms with Gasteiger partial charge in [0.1, 0.15) is 0 Å². The van der Waals surface area contributed by atoms with E-state index in [-0.39, 0.29) is 0 Å². The van der Waals surface area contributed by atoms with Gasteiger partial charge in [0.2, 0.25) is 5.82 Å². The zero-order valence-corrected chi connectivity index (χ0v) is 13.9. The molecule has 2 aliphatic heterocycles. The number of hydrogen-bond acceptors (Lipinski definition) is 2. The summed E-state index contributed by atoms with van der Waals surface area (Å²) in [5.41, 5.74) is 1.59. The lowest BCUT2D eigenvalue weighted by Crippen LogP contribution is -2.37. The van der Waals surface area contributed by atoms with Crippen molar-refractivity contribution in [2.75, 3.05) is 11.9 Å². The Labute approximate surface area is 147 Å². The molecular formula is C19H16F5NO. The molecule has 2 nitrogen and oxygen atoms in total. The first-order chi connectivity index (χ1) is 12.4. The van der Waals surface area contributed by atoms with Crippen molar-refractivity contribution in [2.24, 2.45) is 5.92 Å². The Morgan fingerprint density at radius 1 is 0.962 bits per heavy atom. The highest BCUT2D eigenvalue weighted by Crippen LogP contribution is 2.50. The minimum absolute atomic E-state index is 0.439. The fraction of sp³-hybridized carbons (Fsp3) is 0.368. The van der Waals surface area contributed by atoms with E-state index in [0.29, 0.717) is 25.1 Å². The molecule has 0 radical (unpaired) electrons. The maximum atomic E-state index is 14.4. The van der Waals surface area contributed by atoms with Crippen LogP contribution in [0.5, 0.6) is 0 Å². The molecule has 0 saturated carbocycles. The topological polar surface area (TPSA) is 21.3 Å². The van der Waals surface area contributed by atoms with E-state index in [9.17, 15) is 22.0 Å². The van der Waals surface area contributed by atoms with Gasteiger partial charge >= 0.3 is 0 Å². The molecule has 0 amide bonds. The van der Waals surface area contributed by atoms with Crippen LogP contribution in [0.15, 0.2) is 18.2 Å². The second-order valence-electron chi connectivity index (χ2n) is 6.79. The Hall–Kier alpha value is -2.15. The van der Waals surface area contributed by atoms with Gasteiger partial charge in [-0.25, -0.2) is 22.0 Å². The van der Waals surface area contributed by atoms with Crippen LogP contribution >= 0.6 is 0 Å². The van der Waals surface area contributed by atoms with Crippen LogP contribution in [0.4, 0.5) is 27.6 Å². The lowest BCUT2D eigenvalue weighted by molar-refractivity contribution is -0.0389. The molecular weight excluding hydrogens is 353 g/mol. The molecule has 2 heterocycles. The predicted octanol–water partition coefficient (Wildman–Crippen LogP) is 5.33. The Morgan fingerprint density at radius 2 is 1.62 bits per heavy atom. The molecule has 1 N–H and O–H groups in total. The summed E-state index contributed by atoms with van der Waals surface area (Å²) in [4.78, 5) is 0. The first-order valence-corrected chi connectivity index (χ1v) is 8.40. The number of benzene rings is 2. The molecule has 0 unspecified atom stereocenters. The summed E-state index contributed by atoms with van der Waals surface area (Å²) >= 11 is 0. The third-order valence-corrected chi connectivity index (χ3v) is 5.18. The molecule has 138 valence electrons. The number of halogens is 5. The lowest BCUT2D eigenvalue weighted by atomic mass is 9.77. The molecule has 0 spiro atoms. The van der Waals surface area contributed by atoms with Crippen LogP contribution in [0.1, 0.15) is 41.7 Å². The van der Waals surface area contributed by atoms with Crippen molar-refractivity contribution in [1.29, 1.82) is 0 Å². The largest absolute Gasteiger partial charge is 0.377 e. The van der Waals surface area contributed by atoms with E-state index in [4.69, 9.17) is 4.74 Å². The highest BCUT2D eigenvalue weighted by molar-refractivity contribution is 5.58. The Morgan fingerprint density at radius 3 is 2.31 bits per heavy atom. The van der Waals surface area contributed by atoms with Crippen molar-refractivity contribution in [2.45, 2.75) is 31.9 Å². The second-order valence-corrected chi connectivity index (χ2v) is 6.79. The van der Waals surface area contributed by atoms with E-state index in [1.165, 1.54) is 0 Å². The number of rotatable bonds is 1. The fourth-order valence-corrected chi connectivity index (χ4v) is 3.97. The lowest BCUT2D eigenvalue weighted by Gasteiger charge is -2.43. The van der Waals surface area contributed by atoms with E-state index in [1.807, 2.05) is 19.1 Å². The zero-order valence-electron chi connectivity index (χ0n) is 13.9. The highest BCUT2D eigenvalue weighted by Gasteiger charge is 2.43. The van der Waals surface area contributed by atoms with Crippen LogP contribution in [0, 0.1) is 41.9 Å². The molecule has 2 aromatic rings. The first-order valence-electron chi connectivity index (χ1n) is 8.40. The van der Waals surface area contributed by atoms with Gasteiger partial charge in [-0.2, -0.15) is 0 Å². The van der Waals surface area contributed by atoms with Crippen LogP contribution in [0.3, 0.4) is 0 Å². The Balaban J connectivity index is 1.89. The summed E-state index contributed by atoms with van der Waals surface area (Å²) in [5.74, 6) is -10.0. The van der Waals surface area contributed by atoms with Crippen LogP contribution in [-0.2, 0) is 4.74 Å². The number of anilines is 1. The quantitative estimate of drug-likeness (QED) is 0.417. The molecule has 3 atom stereocenters. The average Bonchev–Trinajstić information content (AvgIpc) is 2.65. The predicted molar refractivity (Wildman–Crippen MR) is 85.2 cm³/mol. The number of fused-ring (bicyclic) bond motifs is 3. The average molecular weight is 369 g/mol. The first kappa shape index (κ1) is 17.3. The number of hydrogen-bond donors (Lipinski definition) is 1. The van der Waals surface area contributed by atoms with E-state index in [0.717, 1.165) is 11.1 Å². The van der Waals surface area contributed by atoms with Crippen LogP contribution in [0.2, 0.25) is 0 Å². The summed E-state index contributed by atoms with van der Waals surface area (Å²) in [6.45, 7) is 2.40. The van der Waals surface area contributed by atoms with Crippen molar-refractivity contribution in [3.63, 3.8) is 0 Å². The van der Waals surface area contributed by atoms with Crippen molar-refractivity contribution in [3.8, 4) is 0 Å². The zero-order chi connectivity index (χ0) is 18.6. The second kappa shape index (κ2) is 6.23. The summed E-state index contributed by atoms with van der Waals surface area (Å²) in [6.07, 6.45) is 0.741. The number of aryl methyl sites for hydroxylation is 1. The molecule has 4 rings (SSSR count). The van der Waals surface area contributed by atoms with Crippen molar-refractivity contribution >= 4 is 5.69 Å². The smallest absolute Gasteiger partial charge is 0.200 e. The minimum atomic E-state index is -2.15. The molecule has 2 aliphatic rings. The minimum Gasteiger partial charge on any atom is -0.377 e. The van der Waals surface area contributed by atoms with Crippen molar-refractivity contribution in [1.82, 2.24) is 0 Å². The van der Waals surface area contributed by atoms with Crippen molar-refractivity contribution < 1.29 is 26.7 Å². The van der Waals surface area contributed by atoms with Gasteiger partial charge in [-0.05, 0) is 25.8 Å². The van der Waals surface area contributed by atoms with Crippen LogP contribution in [-0.4, -0.2) is 6.61 Å². The SMILES string of the molecule is Cc1ccc2c(c1)[C@H]1OCCC[C@H]1[C@H](c1c(F)c(F)c(F)c(F)c1F)N2. The molecule has 1 saturated heterocycles. The van der Waals surface area contributed by atoms with E-state index >= 15 is 0 Å². The van der Waals surface area contributed by atoms with Crippen LogP contribution in [0.25, 0.3) is 0 Å². The summed E-state index contributed by atoms with van der Waals surface area (Å²) in [7, 11) is 0. The summed E-state index contributed by atoms with van der Waals surface area (Å²) in [6, 6.07) is 4.39. The normalized spacial score (nSPS) is 24.6. The summed E-state index contributed by atoms with van der Waals surface area (Å²) in [5, 5.41) is 2.98. The van der Waals surface area contributed by atoms with E-state index in [2.05, 4.69) is 5.32 Å². The Kier molecular flexibility index (Phi) is 4.14. The number of nitrogens with one attached hydrogen (secondary N) is 1. The third-order valence-electron chi connectivity index (χ3n) is 5.18. The maximum Gasteiger partial charge on any atom is 0.200 e. The molecule has 0 bridgehead atoms. The monoisotopic (exact) mass is 369 g/mol. The van der Waals surface area contributed by atoms with Crippen molar-refractivity contribution in [3.05, 3.63) is 64.0 Å². The van der Waals surface area contributed by atoms with Gasteiger partial charge in [0.25, 0.3) is 0 Å². The number of ether oxygens (including phenoxy) is 1. The Bertz CT molecular complexity index is 856. The van der Waals surface area contributed by atoms with Gasteiger partial charge in [-0.1, -0.05) is 17.7 Å². The molecule has 1 fully saturated rings. The van der Waals surface area contributed by atoms with E-state index in [1.54, 1.807) is 6.07 Å². The summed E-state index contributed by atoms with van der Waals surface area (Å²) < 4.78 is 75.4. The molecule has 7 heteroatoms. The standard InChI is InChI=1S/C19H16F5NO/c1-8-4-5-11-10(7-8)19-9(3-2-6-26-19)18(25-11)12-13(20)15(22)17(24)16(23)14(12)21/h4-5,7,9,18-19,25H,2-3,6H2,1H3/t9-,18+,19-/m0/s1. The molecule has 26 heavy (non-hydrogen) atoms. The molecule has 0 aromatic heterocycles. The third kappa shape index (κ3) is 2.48. The van der Waals surface area contributed by atoms with Gasteiger partial charge in [-0.3, -0.25) is 0 Å². The fourth-order valence-electron chi connectivity index (χ4n) is 3.97. The van der Waals surface area contributed by atoms with Gasteiger partial charge < -0.3 is 10.1 Å². The molecule has 0 aliphatic carbocycles. The van der Waals surface area contributed by atoms with Gasteiger partial charge in [0.15, 0.2) is 23.3 Å². The maximum absolute atomic E-state index is 14.4. The van der Waals surface area contributed by atoms with E-state index < -0.39 is 52.7 Å². The highest BCUT2D eigenvalue weighted by atomic mass is 19.2. The van der Waals surface area contributed by atoms with Gasteiger partial charge in [0.05, 0.1) is 17.7 Å².